The van der Waals surface area contributed by atoms with E-state index in [0.29, 0.717) is 17.7 Å². The van der Waals surface area contributed by atoms with Crippen LogP contribution >= 0.6 is 24.8 Å². The van der Waals surface area contributed by atoms with Gasteiger partial charge in [-0.25, -0.2) is 8.42 Å². The molecule has 10 heteroatoms. The van der Waals surface area contributed by atoms with Crippen LogP contribution in [0.3, 0.4) is 0 Å². The largest absolute Gasteiger partial charge is 0.490 e. The van der Waals surface area contributed by atoms with Gasteiger partial charge in [0.15, 0.2) is 0 Å². The summed E-state index contributed by atoms with van der Waals surface area (Å²) in [6, 6.07) is 17.3. The maximum absolute atomic E-state index is 13.2. The van der Waals surface area contributed by atoms with Gasteiger partial charge in [0.05, 0.1) is 23.6 Å². The first-order valence-electron chi connectivity index (χ1n) is 12.2. The van der Waals surface area contributed by atoms with Gasteiger partial charge in [0, 0.05) is 18.0 Å². The molecule has 1 atom stereocenters. The van der Waals surface area contributed by atoms with Crippen LogP contribution in [0, 0.1) is 5.41 Å². The van der Waals surface area contributed by atoms with Crippen molar-refractivity contribution in [1.29, 1.82) is 5.41 Å². The summed E-state index contributed by atoms with van der Waals surface area (Å²) in [7, 11) is -3.51. The summed E-state index contributed by atoms with van der Waals surface area (Å²) in [6.45, 7) is 1.68. The van der Waals surface area contributed by atoms with Gasteiger partial charge in [-0.05, 0) is 84.8 Å². The molecule has 3 aromatic carbocycles. The fourth-order valence-corrected chi connectivity index (χ4v) is 6.59. The number of nitrogens with two attached hydrogens (primary N) is 2. The van der Waals surface area contributed by atoms with Gasteiger partial charge in [0.25, 0.3) is 0 Å². The van der Waals surface area contributed by atoms with E-state index in [9.17, 15) is 8.42 Å². The summed E-state index contributed by atoms with van der Waals surface area (Å²) in [5.74, 6) is 0.808. The number of amidine groups is 1. The van der Waals surface area contributed by atoms with Gasteiger partial charge in [-0.2, -0.15) is 0 Å². The van der Waals surface area contributed by atoms with Crippen molar-refractivity contribution in [2.75, 3.05) is 10.1 Å². The standard InChI is InChI=1S/C27H32N4O3S.2ClH/c1-2-35(32,33)31-25-12-11-24(34-23-9-7-22(28)8-10-23)15-21(25)16-26(31)18-5-3-17-4-6-19(27(29)30)14-20(17)13-18;;/h3-6,11-15,22-23,26H,2,7-10,16,28H2,1H3,(H3,29,30);2*1H. The van der Waals surface area contributed by atoms with Crippen LogP contribution in [0.2, 0.25) is 0 Å². The second-order valence-corrected chi connectivity index (χ2v) is 11.7. The molecule has 1 unspecified atom stereocenters. The van der Waals surface area contributed by atoms with Crippen LogP contribution in [0.5, 0.6) is 5.75 Å². The third-order valence-corrected chi connectivity index (χ3v) is 9.01. The number of fused-ring (bicyclic) bond motifs is 2. The molecular formula is C27H34Cl2N4O3S. The molecule has 200 valence electrons. The lowest BCUT2D eigenvalue weighted by Gasteiger charge is -2.28. The van der Waals surface area contributed by atoms with Gasteiger partial charge in [-0.1, -0.05) is 24.3 Å². The minimum atomic E-state index is -3.51. The van der Waals surface area contributed by atoms with E-state index in [1.54, 1.807) is 11.2 Å². The Balaban J connectivity index is 0.00000190. The molecule has 1 aliphatic carbocycles. The molecule has 5 rings (SSSR count). The van der Waals surface area contributed by atoms with E-state index in [1.807, 2.05) is 54.6 Å². The van der Waals surface area contributed by atoms with Crippen molar-refractivity contribution in [3.8, 4) is 5.75 Å². The summed E-state index contributed by atoms with van der Waals surface area (Å²) >= 11 is 0. The zero-order valence-electron chi connectivity index (χ0n) is 20.7. The second-order valence-electron chi connectivity index (χ2n) is 9.60. The van der Waals surface area contributed by atoms with Crippen LogP contribution in [-0.4, -0.2) is 32.2 Å². The first-order chi connectivity index (χ1) is 16.7. The van der Waals surface area contributed by atoms with Crippen molar-refractivity contribution in [1.82, 2.24) is 0 Å². The molecule has 0 bridgehead atoms. The molecule has 0 aromatic heterocycles. The molecule has 0 radical (unpaired) electrons. The average molecular weight is 566 g/mol. The Morgan fingerprint density at radius 1 is 1.00 bits per heavy atom. The number of nitrogens with one attached hydrogen (secondary N) is 1. The highest BCUT2D eigenvalue weighted by atomic mass is 35.5. The van der Waals surface area contributed by atoms with Gasteiger partial charge in [0.1, 0.15) is 11.6 Å². The Bertz CT molecular complexity index is 1390. The van der Waals surface area contributed by atoms with Crippen molar-refractivity contribution >= 4 is 57.1 Å². The second kappa shape index (κ2) is 11.5. The van der Waals surface area contributed by atoms with Crippen molar-refractivity contribution < 1.29 is 13.2 Å². The molecule has 0 amide bonds. The van der Waals surface area contributed by atoms with Gasteiger partial charge in [-0.15, -0.1) is 24.8 Å². The topological polar surface area (TPSA) is 122 Å². The predicted octanol–water partition coefficient (Wildman–Crippen LogP) is 5.07. The first-order valence-corrected chi connectivity index (χ1v) is 13.8. The van der Waals surface area contributed by atoms with Crippen LogP contribution < -0.4 is 20.5 Å². The molecule has 5 N–H and O–H groups in total. The van der Waals surface area contributed by atoms with Crippen molar-refractivity contribution in [2.45, 2.75) is 57.2 Å². The summed E-state index contributed by atoms with van der Waals surface area (Å²) < 4.78 is 34.3. The highest BCUT2D eigenvalue weighted by Crippen LogP contribution is 2.44. The minimum Gasteiger partial charge on any atom is -0.490 e. The van der Waals surface area contributed by atoms with E-state index in [4.69, 9.17) is 21.6 Å². The SMILES string of the molecule is CCS(=O)(=O)N1c2ccc(OC3CCC(N)CC3)cc2CC1c1ccc2ccc(C(=N)N)cc2c1.Cl.Cl. The summed E-state index contributed by atoms with van der Waals surface area (Å²) in [5.41, 5.74) is 15.0. The molecule has 1 fully saturated rings. The van der Waals surface area contributed by atoms with E-state index in [0.717, 1.165) is 53.3 Å². The van der Waals surface area contributed by atoms with E-state index in [-0.39, 0.29) is 54.6 Å². The maximum atomic E-state index is 13.2. The predicted molar refractivity (Wildman–Crippen MR) is 155 cm³/mol. The Kier molecular flexibility index (Phi) is 9.01. The number of nitrogens with zero attached hydrogens (tertiary/aromatic N) is 1. The van der Waals surface area contributed by atoms with Crippen LogP contribution in [0.15, 0.2) is 54.6 Å². The molecule has 2 aliphatic rings. The summed E-state index contributed by atoms with van der Waals surface area (Å²) in [6.07, 6.45) is 4.53. The first kappa shape index (κ1) is 29.0. The number of nitrogen functional groups attached to an aromatic ring is 1. The molecule has 1 saturated carbocycles. The average Bonchev–Trinajstić information content (AvgIpc) is 3.24. The van der Waals surface area contributed by atoms with Crippen molar-refractivity contribution in [3.05, 3.63) is 71.3 Å². The normalized spacial score (nSPS) is 21.0. The van der Waals surface area contributed by atoms with Crippen LogP contribution in [0.1, 0.15) is 55.3 Å². The van der Waals surface area contributed by atoms with Crippen molar-refractivity contribution in [2.24, 2.45) is 11.5 Å². The quantitative estimate of drug-likeness (QED) is 0.285. The van der Waals surface area contributed by atoms with Crippen LogP contribution in [0.25, 0.3) is 10.8 Å². The van der Waals surface area contributed by atoms with E-state index in [2.05, 4.69) is 0 Å². The number of sulfonamides is 1. The zero-order chi connectivity index (χ0) is 24.7. The van der Waals surface area contributed by atoms with Crippen LogP contribution in [-0.2, 0) is 16.4 Å². The van der Waals surface area contributed by atoms with Gasteiger partial charge in [-0.3, -0.25) is 9.71 Å². The Morgan fingerprint density at radius 3 is 2.38 bits per heavy atom. The monoisotopic (exact) mass is 564 g/mol. The number of benzene rings is 3. The number of hydrogen-bond donors (Lipinski definition) is 3. The van der Waals surface area contributed by atoms with Gasteiger partial charge >= 0.3 is 0 Å². The van der Waals surface area contributed by atoms with Crippen molar-refractivity contribution in [3.63, 3.8) is 0 Å². The Labute approximate surface area is 230 Å². The molecule has 0 saturated heterocycles. The number of rotatable bonds is 6. The molecule has 1 heterocycles. The molecule has 0 spiro atoms. The van der Waals surface area contributed by atoms with Gasteiger partial charge in [0.2, 0.25) is 10.0 Å². The highest BCUT2D eigenvalue weighted by Gasteiger charge is 2.38. The Morgan fingerprint density at radius 2 is 1.70 bits per heavy atom. The van der Waals surface area contributed by atoms with E-state index < -0.39 is 10.0 Å². The molecule has 1 aliphatic heterocycles. The van der Waals surface area contributed by atoms with Crippen LogP contribution in [0.4, 0.5) is 5.69 Å². The number of hydrogen-bond acceptors (Lipinski definition) is 5. The molecular weight excluding hydrogens is 531 g/mol. The smallest absolute Gasteiger partial charge is 0.235 e. The highest BCUT2D eigenvalue weighted by molar-refractivity contribution is 7.92. The lowest BCUT2D eigenvalue weighted by molar-refractivity contribution is 0.147. The summed E-state index contributed by atoms with van der Waals surface area (Å²) in [5, 5.41) is 9.70. The molecule has 3 aromatic rings. The minimum absolute atomic E-state index is 0. The third kappa shape index (κ3) is 5.82. The van der Waals surface area contributed by atoms with E-state index >= 15 is 0 Å². The van der Waals surface area contributed by atoms with Gasteiger partial charge < -0.3 is 16.2 Å². The maximum Gasteiger partial charge on any atom is 0.235 e. The van der Waals surface area contributed by atoms with E-state index in [1.165, 1.54) is 0 Å². The molecule has 37 heavy (non-hydrogen) atoms. The Hall–Kier alpha value is -2.52. The third-order valence-electron chi connectivity index (χ3n) is 7.23. The number of anilines is 1. The lowest BCUT2D eigenvalue weighted by atomic mass is 9.93. The fourth-order valence-electron chi connectivity index (χ4n) is 5.25. The zero-order valence-corrected chi connectivity index (χ0v) is 23.2. The number of ether oxygens (including phenoxy) is 1. The summed E-state index contributed by atoms with van der Waals surface area (Å²) in [4.78, 5) is 0. The number of halogens is 2. The fraction of sp³-hybridized carbons (Fsp3) is 0.370. The lowest BCUT2D eigenvalue weighted by Crippen LogP contribution is -2.33. The molecule has 7 nitrogen and oxygen atoms in total.